The SMILES string of the molecule is CC(c1cccc(Oc2c(C(=O)N[C@@H](C)c3ccc(C(=O)O)cc3)c(C(F)F)nn2C)c1)C(F)(F)F. The van der Waals surface area contributed by atoms with Crippen molar-refractivity contribution < 1.29 is 41.4 Å². The Labute approximate surface area is 202 Å². The fourth-order valence-electron chi connectivity index (χ4n) is 3.43. The molecule has 2 atom stereocenters. The Morgan fingerprint density at radius 3 is 2.25 bits per heavy atom. The number of hydrogen-bond acceptors (Lipinski definition) is 4. The number of nitrogens with one attached hydrogen (secondary N) is 1. The van der Waals surface area contributed by atoms with Gasteiger partial charge < -0.3 is 15.2 Å². The fourth-order valence-corrected chi connectivity index (χ4v) is 3.43. The molecule has 3 rings (SSSR count). The van der Waals surface area contributed by atoms with E-state index in [0.29, 0.717) is 5.56 Å². The van der Waals surface area contributed by atoms with E-state index < -0.39 is 47.7 Å². The Morgan fingerprint density at radius 1 is 1.06 bits per heavy atom. The maximum absolute atomic E-state index is 13.7. The van der Waals surface area contributed by atoms with Crippen LogP contribution in [0.3, 0.4) is 0 Å². The Balaban J connectivity index is 1.92. The van der Waals surface area contributed by atoms with E-state index >= 15 is 0 Å². The van der Waals surface area contributed by atoms with E-state index in [2.05, 4.69) is 10.4 Å². The van der Waals surface area contributed by atoms with Gasteiger partial charge in [-0.2, -0.15) is 18.3 Å². The largest absolute Gasteiger partial charge is 0.478 e. The van der Waals surface area contributed by atoms with Gasteiger partial charge in [-0.1, -0.05) is 24.3 Å². The van der Waals surface area contributed by atoms with Crippen molar-refractivity contribution in [3.63, 3.8) is 0 Å². The Bertz CT molecular complexity index is 1260. The highest BCUT2D eigenvalue weighted by Gasteiger charge is 2.37. The monoisotopic (exact) mass is 511 g/mol. The molecule has 0 fully saturated rings. The van der Waals surface area contributed by atoms with Gasteiger partial charge in [0.05, 0.1) is 17.5 Å². The van der Waals surface area contributed by atoms with Gasteiger partial charge in [-0.05, 0) is 49.2 Å². The van der Waals surface area contributed by atoms with Crippen molar-refractivity contribution in [2.75, 3.05) is 0 Å². The van der Waals surface area contributed by atoms with E-state index in [1.54, 1.807) is 6.92 Å². The summed E-state index contributed by atoms with van der Waals surface area (Å²) in [7, 11) is 1.26. The van der Waals surface area contributed by atoms with Crippen LogP contribution in [0.2, 0.25) is 0 Å². The average molecular weight is 511 g/mol. The minimum atomic E-state index is -4.50. The summed E-state index contributed by atoms with van der Waals surface area (Å²) in [5.41, 5.74) is -1.01. The Hall–Kier alpha value is -3.96. The summed E-state index contributed by atoms with van der Waals surface area (Å²) in [5, 5.41) is 15.2. The first-order valence-corrected chi connectivity index (χ1v) is 10.6. The van der Waals surface area contributed by atoms with Crippen LogP contribution >= 0.6 is 0 Å². The van der Waals surface area contributed by atoms with E-state index in [1.807, 2.05) is 0 Å². The maximum atomic E-state index is 13.7. The Kier molecular flexibility index (Phi) is 7.65. The molecule has 0 bridgehead atoms. The predicted molar refractivity (Wildman–Crippen MR) is 118 cm³/mol. The van der Waals surface area contributed by atoms with Crippen molar-refractivity contribution in [3.8, 4) is 11.6 Å². The van der Waals surface area contributed by atoms with Crippen LogP contribution in [0.1, 0.15) is 69.8 Å². The number of amides is 1. The molecule has 2 N–H and O–H groups in total. The molecule has 1 amide bonds. The van der Waals surface area contributed by atoms with Gasteiger partial charge in [0.25, 0.3) is 12.3 Å². The van der Waals surface area contributed by atoms with Gasteiger partial charge in [-0.25, -0.2) is 18.3 Å². The number of halogens is 5. The minimum Gasteiger partial charge on any atom is -0.478 e. The van der Waals surface area contributed by atoms with Crippen molar-refractivity contribution in [2.45, 2.75) is 38.4 Å². The lowest BCUT2D eigenvalue weighted by atomic mass is 10.0. The smallest absolute Gasteiger partial charge is 0.395 e. The molecule has 0 aliphatic carbocycles. The molecule has 3 aromatic rings. The zero-order valence-electron chi connectivity index (χ0n) is 19.3. The van der Waals surface area contributed by atoms with Gasteiger partial charge in [0.15, 0.2) is 0 Å². The zero-order chi connectivity index (χ0) is 26.8. The zero-order valence-corrected chi connectivity index (χ0v) is 19.3. The number of carbonyl (C=O) groups excluding carboxylic acids is 1. The summed E-state index contributed by atoms with van der Waals surface area (Å²) in [6, 6.07) is 9.90. The first kappa shape index (κ1) is 26.6. The molecule has 192 valence electrons. The molecule has 7 nitrogen and oxygen atoms in total. The van der Waals surface area contributed by atoms with Crippen LogP contribution in [-0.4, -0.2) is 32.9 Å². The number of rotatable bonds is 8. The number of aromatic nitrogens is 2. The number of nitrogens with zero attached hydrogens (tertiary/aromatic N) is 2. The molecule has 1 unspecified atom stereocenters. The molecule has 0 saturated heterocycles. The highest BCUT2D eigenvalue weighted by molar-refractivity contribution is 5.98. The summed E-state index contributed by atoms with van der Waals surface area (Å²) in [4.78, 5) is 24.1. The molecular weight excluding hydrogens is 489 g/mol. The third-order valence-corrected chi connectivity index (χ3v) is 5.52. The number of benzene rings is 2. The second-order valence-corrected chi connectivity index (χ2v) is 8.05. The van der Waals surface area contributed by atoms with Crippen LogP contribution in [0.25, 0.3) is 0 Å². The van der Waals surface area contributed by atoms with Gasteiger partial charge in [0, 0.05) is 7.05 Å². The lowest BCUT2D eigenvalue weighted by Gasteiger charge is -2.17. The molecule has 0 aliphatic rings. The molecule has 12 heteroatoms. The first-order chi connectivity index (χ1) is 16.8. The van der Waals surface area contributed by atoms with Gasteiger partial charge in [0.1, 0.15) is 17.0 Å². The number of aromatic carboxylic acids is 1. The first-order valence-electron chi connectivity index (χ1n) is 10.6. The number of ether oxygens (including phenoxy) is 1. The lowest BCUT2D eigenvalue weighted by Crippen LogP contribution is -2.27. The minimum absolute atomic E-state index is 0.0299. The third-order valence-electron chi connectivity index (χ3n) is 5.52. The lowest BCUT2D eigenvalue weighted by molar-refractivity contribution is -0.146. The van der Waals surface area contributed by atoms with Crippen LogP contribution < -0.4 is 10.1 Å². The molecule has 0 radical (unpaired) electrons. The normalized spacial score (nSPS) is 13.4. The maximum Gasteiger partial charge on any atom is 0.395 e. The predicted octanol–water partition coefficient (Wildman–Crippen LogP) is 6.01. The molecule has 1 heterocycles. The van der Waals surface area contributed by atoms with Crippen LogP contribution in [0, 0.1) is 0 Å². The number of aryl methyl sites for hydroxylation is 1. The summed E-state index contributed by atoms with van der Waals surface area (Å²) >= 11 is 0. The van der Waals surface area contributed by atoms with Crippen LogP contribution in [0.5, 0.6) is 11.6 Å². The second-order valence-electron chi connectivity index (χ2n) is 8.05. The number of hydrogen-bond donors (Lipinski definition) is 2. The van der Waals surface area contributed by atoms with E-state index in [9.17, 15) is 31.5 Å². The molecule has 2 aromatic carbocycles. The van der Waals surface area contributed by atoms with Crippen LogP contribution in [-0.2, 0) is 7.05 Å². The Morgan fingerprint density at radius 2 is 1.69 bits per heavy atom. The summed E-state index contributed by atoms with van der Waals surface area (Å²) < 4.78 is 73.3. The number of carboxylic acid groups (broad SMARTS) is 1. The second kappa shape index (κ2) is 10.3. The number of carbonyl (C=O) groups is 2. The number of carboxylic acids is 1. The summed E-state index contributed by atoms with van der Waals surface area (Å²) in [5.74, 6) is -4.37. The summed E-state index contributed by atoms with van der Waals surface area (Å²) in [6.45, 7) is 2.54. The van der Waals surface area contributed by atoms with E-state index in [1.165, 1.54) is 49.5 Å². The van der Waals surface area contributed by atoms with E-state index in [0.717, 1.165) is 17.7 Å². The highest BCUT2D eigenvalue weighted by atomic mass is 19.4. The topological polar surface area (TPSA) is 93.4 Å². The molecule has 0 saturated carbocycles. The van der Waals surface area contributed by atoms with Crippen molar-refractivity contribution in [1.82, 2.24) is 15.1 Å². The van der Waals surface area contributed by atoms with Gasteiger partial charge in [0.2, 0.25) is 5.88 Å². The molecule has 1 aromatic heterocycles. The molecule has 0 aliphatic heterocycles. The van der Waals surface area contributed by atoms with Crippen molar-refractivity contribution in [2.24, 2.45) is 7.05 Å². The molecule has 36 heavy (non-hydrogen) atoms. The van der Waals surface area contributed by atoms with E-state index in [-0.39, 0.29) is 22.8 Å². The summed E-state index contributed by atoms with van der Waals surface area (Å²) in [6.07, 6.45) is -7.64. The highest BCUT2D eigenvalue weighted by Crippen LogP contribution is 2.37. The van der Waals surface area contributed by atoms with Gasteiger partial charge in [-0.15, -0.1) is 0 Å². The molecular formula is C24H22F5N3O4. The van der Waals surface area contributed by atoms with Crippen molar-refractivity contribution >= 4 is 11.9 Å². The van der Waals surface area contributed by atoms with Crippen molar-refractivity contribution in [1.29, 1.82) is 0 Å². The molecule has 0 spiro atoms. The van der Waals surface area contributed by atoms with Gasteiger partial charge >= 0.3 is 12.1 Å². The van der Waals surface area contributed by atoms with Crippen LogP contribution in [0.15, 0.2) is 48.5 Å². The number of alkyl halides is 5. The van der Waals surface area contributed by atoms with Crippen LogP contribution in [0.4, 0.5) is 22.0 Å². The average Bonchev–Trinajstić information content (AvgIpc) is 3.14. The quantitative estimate of drug-likeness (QED) is 0.362. The van der Waals surface area contributed by atoms with E-state index in [4.69, 9.17) is 9.84 Å². The van der Waals surface area contributed by atoms with Crippen molar-refractivity contribution in [3.05, 3.63) is 76.5 Å². The third kappa shape index (κ3) is 5.81. The standard InChI is InChI=1S/C24H22F5N3O4/c1-12(24(27,28)29)16-5-4-6-17(11-16)36-22-18(19(20(25)26)31-32(22)3)21(33)30-13(2)14-7-9-15(10-8-14)23(34)35/h4-13,20H,1-3H3,(H,30,33)(H,34,35)/t12?,13-/m0/s1. The fraction of sp³-hybridized carbons (Fsp3) is 0.292. The van der Waals surface area contributed by atoms with Gasteiger partial charge in [-0.3, -0.25) is 4.79 Å².